The molecule has 1 aromatic heterocycles. The first-order chi connectivity index (χ1) is 9.33. The quantitative estimate of drug-likeness (QED) is 0.770. The van der Waals surface area contributed by atoms with Crippen molar-refractivity contribution in [3.8, 4) is 5.75 Å². The van der Waals surface area contributed by atoms with Crippen LogP contribution in [-0.4, -0.2) is 16.9 Å². The molecule has 0 spiro atoms. The molecule has 1 fully saturated rings. The molecule has 2 nitrogen and oxygen atoms in total. The second kappa shape index (κ2) is 5.49. The number of pyridine rings is 1. The van der Waals surface area contributed by atoms with Crippen LogP contribution in [0.1, 0.15) is 25.7 Å². The summed E-state index contributed by atoms with van der Waals surface area (Å²) in [6, 6.07) is 10.2. The molecular weight excluding hydrogens is 302 g/mol. The van der Waals surface area contributed by atoms with Gasteiger partial charge in [-0.05, 0) is 25.0 Å². The van der Waals surface area contributed by atoms with Gasteiger partial charge in [-0.25, -0.2) is 0 Å². The van der Waals surface area contributed by atoms with Crippen molar-refractivity contribution in [1.82, 2.24) is 4.98 Å². The minimum Gasteiger partial charge on any atom is -0.491 e. The van der Waals surface area contributed by atoms with E-state index < -0.39 is 0 Å². The van der Waals surface area contributed by atoms with Crippen LogP contribution in [0.25, 0.3) is 10.9 Å². The normalized spacial score (nSPS) is 17.7. The Kier molecular flexibility index (Phi) is 3.74. The third-order valence-electron chi connectivity index (χ3n) is 4.08. The number of ether oxygens (including phenoxy) is 1. The number of para-hydroxylation sites is 1. The number of benzene rings is 1. The van der Waals surface area contributed by atoms with Crippen LogP contribution in [0.5, 0.6) is 5.75 Å². The van der Waals surface area contributed by atoms with Crippen molar-refractivity contribution < 1.29 is 4.74 Å². The fourth-order valence-corrected chi connectivity index (χ4v) is 3.59. The van der Waals surface area contributed by atoms with Gasteiger partial charge in [-0.1, -0.05) is 47.0 Å². The maximum absolute atomic E-state index is 6.10. The predicted molar refractivity (Wildman–Crippen MR) is 81.9 cm³/mol. The van der Waals surface area contributed by atoms with Gasteiger partial charge in [-0.3, -0.25) is 4.98 Å². The average Bonchev–Trinajstić information content (AvgIpc) is 2.94. The zero-order valence-electron chi connectivity index (χ0n) is 10.9. The Morgan fingerprint density at radius 3 is 2.74 bits per heavy atom. The number of hydrogen-bond donors (Lipinski definition) is 0. The minimum atomic E-state index is 0.316. The van der Waals surface area contributed by atoms with E-state index in [1.165, 1.54) is 25.7 Å². The van der Waals surface area contributed by atoms with E-state index in [0.717, 1.165) is 28.6 Å². The lowest BCUT2D eigenvalue weighted by atomic mass is 9.90. The SMILES string of the molecule is BrCC1(COc2cccc3cccnc23)CCCC1. The van der Waals surface area contributed by atoms with Crippen LogP contribution in [-0.2, 0) is 0 Å². The van der Waals surface area contributed by atoms with E-state index >= 15 is 0 Å². The van der Waals surface area contributed by atoms with Gasteiger partial charge in [0, 0.05) is 22.3 Å². The van der Waals surface area contributed by atoms with E-state index in [1.54, 1.807) is 0 Å². The second-order valence-corrected chi connectivity index (χ2v) is 6.02. The molecule has 0 bridgehead atoms. The number of aromatic nitrogens is 1. The van der Waals surface area contributed by atoms with Crippen LogP contribution in [0.2, 0.25) is 0 Å². The molecule has 3 heteroatoms. The maximum Gasteiger partial charge on any atom is 0.145 e. The van der Waals surface area contributed by atoms with Gasteiger partial charge < -0.3 is 4.74 Å². The highest BCUT2D eigenvalue weighted by Gasteiger charge is 2.33. The Morgan fingerprint density at radius 1 is 1.16 bits per heavy atom. The molecule has 1 aromatic carbocycles. The van der Waals surface area contributed by atoms with Crippen molar-refractivity contribution in [3.63, 3.8) is 0 Å². The van der Waals surface area contributed by atoms with E-state index in [9.17, 15) is 0 Å². The van der Waals surface area contributed by atoms with Crippen LogP contribution in [0.15, 0.2) is 36.5 Å². The maximum atomic E-state index is 6.10. The number of hydrogen-bond acceptors (Lipinski definition) is 2. The molecule has 0 saturated heterocycles. The average molecular weight is 320 g/mol. The molecule has 0 radical (unpaired) electrons. The van der Waals surface area contributed by atoms with E-state index in [0.29, 0.717) is 5.41 Å². The highest BCUT2D eigenvalue weighted by atomic mass is 79.9. The summed E-state index contributed by atoms with van der Waals surface area (Å²) in [7, 11) is 0. The van der Waals surface area contributed by atoms with Gasteiger partial charge in [0.2, 0.25) is 0 Å². The van der Waals surface area contributed by atoms with E-state index in [4.69, 9.17) is 4.74 Å². The molecule has 19 heavy (non-hydrogen) atoms. The molecule has 3 rings (SSSR count). The van der Waals surface area contributed by atoms with Crippen LogP contribution in [0.4, 0.5) is 0 Å². The lowest BCUT2D eigenvalue weighted by molar-refractivity contribution is 0.175. The molecule has 0 N–H and O–H groups in total. The number of rotatable bonds is 4. The van der Waals surface area contributed by atoms with Gasteiger partial charge in [0.1, 0.15) is 11.3 Å². The molecule has 2 aromatic rings. The van der Waals surface area contributed by atoms with Gasteiger partial charge >= 0.3 is 0 Å². The van der Waals surface area contributed by atoms with Gasteiger partial charge in [0.15, 0.2) is 0 Å². The Labute approximate surface area is 122 Å². The van der Waals surface area contributed by atoms with Crippen LogP contribution in [0, 0.1) is 5.41 Å². The zero-order chi connectivity index (χ0) is 13.1. The summed E-state index contributed by atoms with van der Waals surface area (Å²) in [5.74, 6) is 0.908. The third kappa shape index (κ3) is 2.62. The van der Waals surface area contributed by atoms with Crippen molar-refractivity contribution in [2.45, 2.75) is 25.7 Å². The second-order valence-electron chi connectivity index (χ2n) is 5.46. The minimum absolute atomic E-state index is 0.316. The number of halogens is 1. The van der Waals surface area contributed by atoms with E-state index in [-0.39, 0.29) is 0 Å². The van der Waals surface area contributed by atoms with E-state index in [2.05, 4.69) is 33.0 Å². The highest BCUT2D eigenvalue weighted by molar-refractivity contribution is 9.09. The van der Waals surface area contributed by atoms with Crippen molar-refractivity contribution in [3.05, 3.63) is 36.5 Å². The van der Waals surface area contributed by atoms with Gasteiger partial charge in [-0.2, -0.15) is 0 Å². The van der Waals surface area contributed by atoms with Gasteiger partial charge in [-0.15, -0.1) is 0 Å². The molecule has 0 atom stereocenters. The van der Waals surface area contributed by atoms with Gasteiger partial charge in [0.05, 0.1) is 6.61 Å². The lowest BCUT2D eigenvalue weighted by Crippen LogP contribution is -2.27. The first kappa shape index (κ1) is 12.9. The van der Waals surface area contributed by atoms with Crippen molar-refractivity contribution >= 4 is 26.8 Å². The summed E-state index contributed by atoms with van der Waals surface area (Å²) in [6.45, 7) is 0.786. The summed E-state index contributed by atoms with van der Waals surface area (Å²) >= 11 is 3.66. The summed E-state index contributed by atoms with van der Waals surface area (Å²) in [5.41, 5.74) is 1.28. The summed E-state index contributed by atoms with van der Waals surface area (Å²) in [4.78, 5) is 4.44. The Balaban J connectivity index is 1.82. The fraction of sp³-hybridized carbons (Fsp3) is 0.438. The summed E-state index contributed by atoms with van der Waals surface area (Å²) < 4.78 is 6.10. The fourth-order valence-electron chi connectivity index (χ4n) is 2.87. The Hall–Kier alpha value is -1.09. The largest absolute Gasteiger partial charge is 0.491 e. The van der Waals surface area contributed by atoms with Crippen molar-refractivity contribution in [2.75, 3.05) is 11.9 Å². The molecule has 0 amide bonds. The standard InChI is InChI=1S/C16H18BrNO/c17-11-16(8-1-2-9-16)12-19-14-7-3-5-13-6-4-10-18-15(13)14/h3-7,10H,1-2,8-9,11-12H2. The highest BCUT2D eigenvalue weighted by Crippen LogP contribution is 2.40. The molecule has 0 unspecified atom stereocenters. The number of fused-ring (bicyclic) bond motifs is 1. The Bertz CT molecular complexity index is 558. The molecule has 1 heterocycles. The first-order valence-corrected chi connectivity index (χ1v) is 7.98. The monoisotopic (exact) mass is 319 g/mol. The smallest absolute Gasteiger partial charge is 0.145 e. The summed E-state index contributed by atoms with van der Waals surface area (Å²) in [6.07, 6.45) is 6.99. The molecular formula is C16H18BrNO. The lowest BCUT2D eigenvalue weighted by Gasteiger charge is -2.26. The number of nitrogens with zero attached hydrogens (tertiary/aromatic N) is 1. The molecule has 1 aliphatic rings. The number of alkyl halides is 1. The van der Waals surface area contributed by atoms with Crippen molar-refractivity contribution in [2.24, 2.45) is 5.41 Å². The van der Waals surface area contributed by atoms with E-state index in [1.807, 2.05) is 24.4 Å². The van der Waals surface area contributed by atoms with Gasteiger partial charge in [0.25, 0.3) is 0 Å². The topological polar surface area (TPSA) is 22.1 Å². The molecule has 1 aliphatic carbocycles. The summed E-state index contributed by atoms with van der Waals surface area (Å²) in [5, 5.41) is 2.16. The van der Waals surface area contributed by atoms with Crippen LogP contribution >= 0.6 is 15.9 Å². The molecule has 100 valence electrons. The van der Waals surface area contributed by atoms with Crippen LogP contribution in [0.3, 0.4) is 0 Å². The third-order valence-corrected chi connectivity index (χ3v) is 5.27. The molecule has 0 aliphatic heterocycles. The van der Waals surface area contributed by atoms with Crippen LogP contribution < -0.4 is 4.74 Å². The molecule has 1 saturated carbocycles. The Morgan fingerprint density at radius 2 is 1.95 bits per heavy atom. The first-order valence-electron chi connectivity index (χ1n) is 6.86. The predicted octanol–water partition coefficient (Wildman–Crippen LogP) is 4.57. The van der Waals surface area contributed by atoms with Crippen molar-refractivity contribution in [1.29, 1.82) is 0 Å². The zero-order valence-corrected chi connectivity index (χ0v) is 12.5.